The number of imidazole rings is 1. The fourth-order valence-electron chi connectivity index (χ4n) is 3.57. The molecule has 3 aromatic heterocycles. The average molecular weight is 376 g/mol. The fraction of sp³-hybridized carbons (Fsp3) is 0.333. The highest BCUT2D eigenvalue weighted by Crippen LogP contribution is 2.22. The minimum absolute atomic E-state index is 0.0650. The van der Waals surface area contributed by atoms with Gasteiger partial charge in [-0.1, -0.05) is 12.1 Å². The lowest BCUT2D eigenvalue weighted by atomic mass is 10.1. The Morgan fingerprint density at radius 1 is 1.21 bits per heavy atom. The summed E-state index contributed by atoms with van der Waals surface area (Å²) in [5.41, 5.74) is 4.91. The second kappa shape index (κ2) is 7.80. The third-order valence-corrected chi connectivity index (χ3v) is 5.09. The molecule has 144 valence electrons. The molecule has 0 radical (unpaired) electrons. The third kappa shape index (κ3) is 3.60. The molecule has 0 aliphatic carbocycles. The summed E-state index contributed by atoms with van der Waals surface area (Å²) in [6.07, 6.45) is 7.46. The lowest BCUT2D eigenvalue weighted by Crippen LogP contribution is -2.25. The van der Waals surface area contributed by atoms with Crippen LogP contribution in [0.5, 0.6) is 0 Å². The molecule has 7 nitrogen and oxygen atoms in total. The van der Waals surface area contributed by atoms with Gasteiger partial charge >= 0.3 is 0 Å². The maximum atomic E-state index is 12.2. The summed E-state index contributed by atoms with van der Waals surface area (Å²) in [4.78, 5) is 21.0. The lowest BCUT2D eigenvalue weighted by molar-refractivity contribution is -0.121. The fourth-order valence-corrected chi connectivity index (χ4v) is 3.57. The van der Waals surface area contributed by atoms with Gasteiger partial charge in [0.1, 0.15) is 0 Å². The number of aryl methyl sites for hydroxylation is 3. The first-order valence-corrected chi connectivity index (χ1v) is 9.59. The Hall–Kier alpha value is -3.22. The smallest absolute Gasteiger partial charge is 0.220 e. The molecule has 0 aliphatic heterocycles. The van der Waals surface area contributed by atoms with Crippen LogP contribution in [0.25, 0.3) is 16.6 Å². The van der Waals surface area contributed by atoms with Crippen LogP contribution in [0.2, 0.25) is 0 Å². The number of carbonyl (C=O) groups is 1. The van der Waals surface area contributed by atoms with Crippen molar-refractivity contribution in [3.8, 4) is 0 Å². The van der Waals surface area contributed by atoms with Gasteiger partial charge in [0.05, 0.1) is 11.8 Å². The van der Waals surface area contributed by atoms with Gasteiger partial charge in [-0.05, 0) is 44.4 Å². The molecule has 0 unspecified atom stereocenters. The number of benzene rings is 1. The number of amides is 1. The first-order chi connectivity index (χ1) is 13.6. The van der Waals surface area contributed by atoms with Gasteiger partial charge in [0.25, 0.3) is 0 Å². The summed E-state index contributed by atoms with van der Waals surface area (Å²) in [6, 6.07) is 8.02. The highest BCUT2D eigenvalue weighted by atomic mass is 16.1. The summed E-state index contributed by atoms with van der Waals surface area (Å²) in [5.74, 6) is 0.0650. The molecule has 28 heavy (non-hydrogen) atoms. The number of aromatic nitrogens is 5. The topological polar surface area (TPSA) is 77.1 Å². The van der Waals surface area contributed by atoms with Crippen molar-refractivity contribution >= 4 is 22.5 Å². The summed E-state index contributed by atoms with van der Waals surface area (Å²) < 4.78 is 3.91. The van der Waals surface area contributed by atoms with E-state index < -0.39 is 0 Å². The number of nitrogens with zero attached hydrogens (tertiary/aromatic N) is 5. The van der Waals surface area contributed by atoms with Crippen molar-refractivity contribution < 1.29 is 4.79 Å². The zero-order valence-electron chi connectivity index (χ0n) is 16.2. The second-order valence-electron chi connectivity index (χ2n) is 7.02. The van der Waals surface area contributed by atoms with Crippen LogP contribution >= 0.6 is 0 Å². The predicted molar refractivity (Wildman–Crippen MR) is 108 cm³/mol. The van der Waals surface area contributed by atoms with Crippen LogP contribution in [0.15, 0.2) is 43.0 Å². The minimum atomic E-state index is 0.0650. The Bertz CT molecular complexity index is 1110. The maximum Gasteiger partial charge on any atom is 0.220 e. The second-order valence-corrected chi connectivity index (χ2v) is 7.02. The summed E-state index contributed by atoms with van der Waals surface area (Å²) >= 11 is 0. The van der Waals surface area contributed by atoms with Crippen LogP contribution in [0.3, 0.4) is 0 Å². The number of hydrogen-bond donors (Lipinski definition) is 1. The monoisotopic (exact) mass is 376 g/mol. The van der Waals surface area contributed by atoms with Crippen molar-refractivity contribution in [3.63, 3.8) is 0 Å². The zero-order chi connectivity index (χ0) is 19.5. The van der Waals surface area contributed by atoms with E-state index in [2.05, 4.69) is 15.4 Å². The van der Waals surface area contributed by atoms with Crippen molar-refractivity contribution in [1.82, 2.24) is 29.5 Å². The average Bonchev–Trinajstić information content (AvgIpc) is 3.33. The molecular weight excluding hydrogens is 352 g/mol. The van der Waals surface area contributed by atoms with E-state index in [4.69, 9.17) is 4.98 Å². The molecule has 0 atom stereocenters. The Labute approximate surface area is 163 Å². The predicted octanol–water partition coefficient (Wildman–Crippen LogP) is 2.83. The van der Waals surface area contributed by atoms with Crippen LogP contribution in [0.4, 0.5) is 0 Å². The number of nitrogens with one attached hydrogen (secondary N) is 1. The molecule has 0 bridgehead atoms. The Morgan fingerprint density at radius 3 is 2.89 bits per heavy atom. The summed E-state index contributed by atoms with van der Waals surface area (Å²) in [5, 5.41) is 8.72. The normalized spacial score (nSPS) is 11.4. The highest BCUT2D eigenvalue weighted by Gasteiger charge is 2.14. The Kier molecular flexibility index (Phi) is 5.06. The van der Waals surface area contributed by atoms with E-state index in [1.54, 1.807) is 12.5 Å². The molecule has 1 aromatic carbocycles. The van der Waals surface area contributed by atoms with Gasteiger partial charge in [0.2, 0.25) is 5.91 Å². The molecule has 3 heterocycles. The quantitative estimate of drug-likeness (QED) is 0.503. The number of hydrogen-bond acceptors (Lipinski definition) is 4. The van der Waals surface area contributed by atoms with Crippen LogP contribution in [0.1, 0.15) is 29.8 Å². The van der Waals surface area contributed by atoms with Gasteiger partial charge < -0.3 is 9.88 Å². The molecule has 7 heteroatoms. The molecule has 4 rings (SSSR count). The van der Waals surface area contributed by atoms with Crippen LogP contribution < -0.4 is 5.32 Å². The summed E-state index contributed by atoms with van der Waals surface area (Å²) in [6.45, 7) is 5.57. The Morgan fingerprint density at radius 2 is 2.07 bits per heavy atom. The van der Waals surface area contributed by atoms with Crippen LogP contribution in [-0.4, -0.2) is 36.6 Å². The van der Waals surface area contributed by atoms with Crippen molar-refractivity contribution in [2.24, 2.45) is 0 Å². The maximum absolute atomic E-state index is 12.2. The molecule has 4 aromatic rings. The number of rotatable bonds is 7. The van der Waals surface area contributed by atoms with Gasteiger partial charge in [0, 0.05) is 48.7 Å². The van der Waals surface area contributed by atoms with E-state index in [1.165, 1.54) is 0 Å². The van der Waals surface area contributed by atoms with E-state index in [-0.39, 0.29) is 5.91 Å². The Balaban J connectivity index is 1.40. The van der Waals surface area contributed by atoms with Gasteiger partial charge in [-0.25, -0.2) is 14.5 Å². The van der Waals surface area contributed by atoms with E-state index >= 15 is 0 Å². The van der Waals surface area contributed by atoms with Crippen molar-refractivity contribution in [3.05, 3.63) is 59.9 Å². The molecule has 0 saturated carbocycles. The molecule has 0 saturated heterocycles. The first kappa shape index (κ1) is 18.2. The standard InChI is InChI=1S/C21H24N6O/c1-15-17(8-9-20(28)23-10-5-12-26-13-11-22-14-26)16(2)27-21(24-15)18-6-3-4-7-19(18)25-27/h3-4,6-7,11,13-14H,5,8-10,12H2,1-2H3,(H,23,28). The zero-order valence-corrected chi connectivity index (χ0v) is 16.2. The lowest BCUT2D eigenvalue weighted by Gasteiger charge is -2.11. The van der Waals surface area contributed by atoms with E-state index in [1.807, 2.05) is 53.4 Å². The molecule has 0 spiro atoms. The number of carbonyl (C=O) groups excluding carboxylic acids is 1. The van der Waals surface area contributed by atoms with Crippen molar-refractivity contribution in [2.75, 3.05) is 6.54 Å². The van der Waals surface area contributed by atoms with Crippen LogP contribution in [-0.2, 0) is 17.8 Å². The summed E-state index contributed by atoms with van der Waals surface area (Å²) in [7, 11) is 0. The molecule has 1 N–H and O–H groups in total. The van der Waals surface area contributed by atoms with E-state index in [9.17, 15) is 4.79 Å². The largest absolute Gasteiger partial charge is 0.356 e. The van der Waals surface area contributed by atoms with Gasteiger partial charge in [-0.3, -0.25) is 4.79 Å². The molecule has 0 aliphatic rings. The van der Waals surface area contributed by atoms with Gasteiger partial charge in [0.15, 0.2) is 5.65 Å². The SMILES string of the molecule is Cc1nc2c3ccccc3nn2c(C)c1CCC(=O)NCCCn1ccnc1. The molecule has 1 amide bonds. The third-order valence-electron chi connectivity index (χ3n) is 5.09. The first-order valence-electron chi connectivity index (χ1n) is 9.59. The highest BCUT2D eigenvalue weighted by molar-refractivity contribution is 5.92. The van der Waals surface area contributed by atoms with Crippen LogP contribution in [0, 0.1) is 13.8 Å². The molecular formula is C21H24N6O. The van der Waals surface area contributed by atoms with Crippen molar-refractivity contribution in [2.45, 2.75) is 39.7 Å². The van der Waals surface area contributed by atoms with Crippen molar-refractivity contribution in [1.29, 1.82) is 0 Å². The number of fused-ring (bicyclic) bond motifs is 3. The van der Waals surface area contributed by atoms with Gasteiger partial charge in [-0.2, -0.15) is 5.10 Å². The van der Waals surface area contributed by atoms with E-state index in [0.29, 0.717) is 19.4 Å². The minimum Gasteiger partial charge on any atom is -0.356 e. The van der Waals surface area contributed by atoms with Gasteiger partial charge in [-0.15, -0.1) is 0 Å². The van der Waals surface area contributed by atoms with E-state index in [0.717, 1.165) is 46.5 Å². The molecule has 0 fully saturated rings.